The maximum absolute atomic E-state index is 11.3. The van der Waals surface area contributed by atoms with Gasteiger partial charge in [0.2, 0.25) is 10.0 Å². The first-order valence-electron chi connectivity index (χ1n) is 5.17. The molecule has 1 aromatic rings. The van der Waals surface area contributed by atoms with Crippen molar-refractivity contribution in [2.45, 2.75) is 25.2 Å². The van der Waals surface area contributed by atoms with Crippen molar-refractivity contribution in [1.82, 2.24) is 4.72 Å². The molecule has 0 spiro atoms. The average molecular weight is 339 g/mol. The van der Waals surface area contributed by atoms with E-state index in [4.69, 9.17) is 0 Å². The lowest BCUT2D eigenvalue weighted by molar-refractivity contribution is -0.385. The highest BCUT2D eigenvalue weighted by molar-refractivity contribution is 9.10. The fourth-order valence-electron chi connectivity index (χ4n) is 0.917. The molecule has 0 aliphatic carbocycles. The van der Waals surface area contributed by atoms with Crippen molar-refractivity contribution in [1.29, 1.82) is 0 Å². The molecule has 0 saturated heterocycles. The average Bonchev–Trinajstić information content (AvgIpc) is 2.30. The van der Waals surface area contributed by atoms with Crippen LogP contribution in [0.1, 0.15) is 20.3 Å². The summed E-state index contributed by atoms with van der Waals surface area (Å²) >= 11 is 2.96. The van der Waals surface area contributed by atoms with Crippen LogP contribution in [0.25, 0.3) is 0 Å². The van der Waals surface area contributed by atoms with Crippen molar-refractivity contribution < 1.29 is 13.3 Å². The summed E-state index contributed by atoms with van der Waals surface area (Å²) in [5.41, 5.74) is -0.286. The van der Waals surface area contributed by atoms with Crippen LogP contribution in [0.2, 0.25) is 0 Å². The zero-order valence-electron chi connectivity index (χ0n) is 10.3. The molecule has 0 aliphatic rings. The van der Waals surface area contributed by atoms with E-state index in [0.29, 0.717) is 0 Å². The number of hydrogen-bond acceptors (Lipinski definition) is 4. The van der Waals surface area contributed by atoms with Gasteiger partial charge in [-0.1, -0.05) is 20.3 Å². The summed E-state index contributed by atoms with van der Waals surface area (Å²) in [5.74, 6) is 0. The molecule has 0 heterocycles. The molecule has 18 heavy (non-hydrogen) atoms. The standard InChI is InChI=1S/C7H7BrN2O4S.C3H8/c1-9-15(13,14)5-2-3-6(8)7(4-5)10(11)12;1-3-2/h2-4,9H,1H3;3H2,1-2H3. The molecule has 1 aromatic carbocycles. The third-order valence-corrected chi connectivity index (χ3v) is 3.78. The zero-order chi connectivity index (χ0) is 14.3. The minimum Gasteiger partial charge on any atom is -0.258 e. The number of halogens is 1. The number of nitro benzene ring substituents is 1. The predicted molar refractivity (Wildman–Crippen MR) is 73.0 cm³/mol. The van der Waals surface area contributed by atoms with Crippen LogP contribution in [0, 0.1) is 10.1 Å². The molecule has 0 fully saturated rings. The van der Waals surface area contributed by atoms with E-state index in [1.165, 1.54) is 25.6 Å². The minimum atomic E-state index is -3.65. The van der Waals surface area contributed by atoms with Gasteiger partial charge in [0.15, 0.2) is 0 Å². The van der Waals surface area contributed by atoms with Crippen LogP contribution in [0.4, 0.5) is 5.69 Å². The number of nitro groups is 1. The molecule has 0 amide bonds. The summed E-state index contributed by atoms with van der Waals surface area (Å²) < 4.78 is 25.0. The fraction of sp³-hybridized carbons (Fsp3) is 0.400. The van der Waals surface area contributed by atoms with Gasteiger partial charge < -0.3 is 0 Å². The van der Waals surface area contributed by atoms with Crippen LogP contribution >= 0.6 is 15.9 Å². The van der Waals surface area contributed by atoms with Gasteiger partial charge in [-0.15, -0.1) is 0 Å². The zero-order valence-corrected chi connectivity index (χ0v) is 12.7. The van der Waals surface area contributed by atoms with E-state index < -0.39 is 14.9 Å². The highest BCUT2D eigenvalue weighted by Crippen LogP contribution is 2.27. The van der Waals surface area contributed by atoms with Crippen LogP contribution in [0.3, 0.4) is 0 Å². The van der Waals surface area contributed by atoms with Crippen LogP contribution in [-0.4, -0.2) is 20.4 Å². The largest absolute Gasteiger partial charge is 0.284 e. The van der Waals surface area contributed by atoms with Crippen molar-refractivity contribution in [2.24, 2.45) is 0 Å². The van der Waals surface area contributed by atoms with Gasteiger partial charge in [0, 0.05) is 6.07 Å². The molecule has 6 nitrogen and oxygen atoms in total. The Morgan fingerprint density at radius 2 is 1.89 bits per heavy atom. The van der Waals surface area contributed by atoms with Gasteiger partial charge in [-0.3, -0.25) is 10.1 Å². The van der Waals surface area contributed by atoms with E-state index in [0.717, 1.165) is 6.07 Å². The lowest BCUT2D eigenvalue weighted by Gasteiger charge is -2.02. The van der Waals surface area contributed by atoms with Crippen LogP contribution in [-0.2, 0) is 10.0 Å². The fourth-order valence-corrected chi connectivity index (χ4v) is 2.06. The summed E-state index contributed by atoms with van der Waals surface area (Å²) in [6.07, 6.45) is 1.25. The van der Waals surface area contributed by atoms with Gasteiger partial charge in [-0.25, -0.2) is 13.1 Å². The van der Waals surface area contributed by atoms with E-state index in [1.54, 1.807) is 0 Å². The molecule has 102 valence electrons. The van der Waals surface area contributed by atoms with Crippen molar-refractivity contribution in [3.8, 4) is 0 Å². The Morgan fingerprint density at radius 1 is 1.39 bits per heavy atom. The molecule has 0 atom stereocenters. The van der Waals surface area contributed by atoms with Crippen molar-refractivity contribution >= 4 is 31.6 Å². The van der Waals surface area contributed by atoms with Gasteiger partial charge in [0.05, 0.1) is 14.3 Å². The maximum Gasteiger partial charge on any atom is 0.284 e. The summed E-state index contributed by atoms with van der Waals surface area (Å²) in [6, 6.07) is 3.60. The molecular weight excluding hydrogens is 324 g/mol. The lowest BCUT2D eigenvalue weighted by Crippen LogP contribution is -2.18. The molecular formula is C10H15BrN2O4S. The summed E-state index contributed by atoms with van der Waals surface area (Å²) in [7, 11) is -2.41. The first kappa shape index (κ1) is 17.0. The molecule has 1 N–H and O–H groups in total. The highest BCUT2D eigenvalue weighted by Gasteiger charge is 2.18. The van der Waals surface area contributed by atoms with Gasteiger partial charge in [-0.05, 0) is 35.1 Å². The van der Waals surface area contributed by atoms with Crippen molar-refractivity contribution in [2.75, 3.05) is 7.05 Å². The van der Waals surface area contributed by atoms with E-state index >= 15 is 0 Å². The third-order valence-electron chi connectivity index (χ3n) is 1.69. The van der Waals surface area contributed by atoms with E-state index in [1.807, 2.05) is 0 Å². The normalized spacial score (nSPS) is 10.4. The van der Waals surface area contributed by atoms with Gasteiger partial charge in [0.1, 0.15) is 0 Å². The molecule has 8 heteroatoms. The second-order valence-electron chi connectivity index (χ2n) is 3.28. The summed E-state index contributed by atoms with van der Waals surface area (Å²) in [5, 5.41) is 10.5. The first-order valence-corrected chi connectivity index (χ1v) is 7.45. The number of nitrogens with zero attached hydrogens (tertiary/aromatic N) is 1. The monoisotopic (exact) mass is 338 g/mol. The van der Waals surface area contributed by atoms with Crippen LogP contribution in [0.5, 0.6) is 0 Å². The molecule has 1 rings (SSSR count). The van der Waals surface area contributed by atoms with E-state index in [-0.39, 0.29) is 15.1 Å². The number of hydrogen-bond donors (Lipinski definition) is 1. The number of benzene rings is 1. The van der Waals surface area contributed by atoms with E-state index in [2.05, 4.69) is 34.5 Å². The van der Waals surface area contributed by atoms with Crippen LogP contribution < -0.4 is 4.72 Å². The quantitative estimate of drug-likeness (QED) is 0.677. The first-order chi connectivity index (χ1) is 8.30. The van der Waals surface area contributed by atoms with Gasteiger partial charge in [0.25, 0.3) is 5.69 Å². The smallest absolute Gasteiger partial charge is 0.258 e. The Balaban J connectivity index is 0.000000873. The molecule has 0 aliphatic heterocycles. The summed E-state index contributed by atoms with van der Waals surface area (Å²) in [4.78, 5) is 9.76. The van der Waals surface area contributed by atoms with Gasteiger partial charge in [-0.2, -0.15) is 0 Å². The van der Waals surface area contributed by atoms with Crippen molar-refractivity contribution in [3.63, 3.8) is 0 Å². The molecule has 0 aromatic heterocycles. The Bertz CT molecular complexity index is 517. The Hall–Kier alpha value is -0.990. The second kappa shape index (κ2) is 7.45. The number of nitrogens with one attached hydrogen (secondary N) is 1. The molecule has 0 radical (unpaired) electrons. The Morgan fingerprint density at radius 3 is 2.28 bits per heavy atom. The maximum atomic E-state index is 11.3. The lowest BCUT2D eigenvalue weighted by atomic mass is 10.3. The minimum absolute atomic E-state index is 0.139. The summed E-state index contributed by atoms with van der Waals surface area (Å²) in [6.45, 7) is 4.25. The third kappa shape index (κ3) is 4.71. The van der Waals surface area contributed by atoms with Crippen molar-refractivity contribution in [3.05, 3.63) is 32.8 Å². The number of sulfonamides is 1. The number of rotatable bonds is 3. The molecule has 0 unspecified atom stereocenters. The Kier molecular flexibility index (Phi) is 7.04. The highest BCUT2D eigenvalue weighted by atomic mass is 79.9. The molecule has 0 bridgehead atoms. The topological polar surface area (TPSA) is 89.3 Å². The van der Waals surface area contributed by atoms with Crippen LogP contribution in [0.15, 0.2) is 27.6 Å². The van der Waals surface area contributed by atoms with E-state index in [9.17, 15) is 18.5 Å². The Labute approximate surface area is 115 Å². The van der Waals surface area contributed by atoms with Gasteiger partial charge >= 0.3 is 0 Å². The second-order valence-corrected chi connectivity index (χ2v) is 6.03. The SMILES string of the molecule is CCC.CNS(=O)(=O)c1ccc(Br)c([N+](=O)[O-])c1. The predicted octanol–water partition coefficient (Wildman–Crippen LogP) is 2.68. The molecule has 0 saturated carbocycles.